The van der Waals surface area contributed by atoms with E-state index in [2.05, 4.69) is 5.10 Å². The lowest BCUT2D eigenvalue weighted by atomic mass is 9.92. The zero-order chi connectivity index (χ0) is 10.8. The Morgan fingerprint density at radius 3 is 3.13 bits per heavy atom. The van der Waals surface area contributed by atoms with E-state index in [1.165, 1.54) is 0 Å². The lowest BCUT2D eigenvalue weighted by molar-refractivity contribution is -0.152. The lowest BCUT2D eigenvalue weighted by Gasteiger charge is -2.28. The molecule has 0 aromatic carbocycles. The Kier molecular flexibility index (Phi) is 2.73. The molecule has 2 heterocycles. The van der Waals surface area contributed by atoms with Crippen molar-refractivity contribution in [3.63, 3.8) is 0 Å². The highest BCUT2D eigenvalue weighted by Gasteiger charge is 2.34. The molecule has 0 bridgehead atoms. The zero-order valence-electron chi connectivity index (χ0n) is 8.59. The number of aliphatic carboxylic acids is 1. The highest BCUT2D eigenvalue weighted by molar-refractivity contribution is 5.71. The molecule has 1 N–H and O–H groups in total. The van der Waals surface area contributed by atoms with Crippen molar-refractivity contribution in [3.05, 3.63) is 18.0 Å². The van der Waals surface area contributed by atoms with Gasteiger partial charge in [0, 0.05) is 19.9 Å². The summed E-state index contributed by atoms with van der Waals surface area (Å²) in [4.78, 5) is 11.1. The molecular formula is C10H14N2O3. The number of carbonyl (C=O) groups is 1. The molecule has 0 aliphatic carbocycles. The quantitative estimate of drug-likeness (QED) is 0.790. The molecule has 0 amide bonds. The molecule has 2 atom stereocenters. The first kappa shape index (κ1) is 10.2. The Bertz CT molecular complexity index is 361. The maximum Gasteiger partial charge on any atom is 0.309 e. The molecule has 1 saturated heterocycles. The van der Waals surface area contributed by atoms with E-state index >= 15 is 0 Å². The van der Waals surface area contributed by atoms with E-state index in [0.29, 0.717) is 13.0 Å². The largest absolute Gasteiger partial charge is 0.481 e. The SMILES string of the molecule is Cn1nccc1[C@H]1OCCC[C@H]1C(=O)O. The summed E-state index contributed by atoms with van der Waals surface area (Å²) in [6.07, 6.45) is 2.78. The minimum Gasteiger partial charge on any atom is -0.481 e. The van der Waals surface area contributed by atoms with E-state index in [9.17, 15) is 4.79 Å². The maximum absolute atomic E-state index is 11.1. The van der Waals surface area contributed by atoms with Crippen LogP contribution in [-0.2, 0) is 16.6 Å². The Balaban J connectivity index is 2.25. The molecular weight excluding hydrogens is 196 g/mol. The maximum atomic E-state index is 11.1. The molecule has 1 aliphatic heterocycles. The van der Waals surface area contributed by atoms with E-state index in [0.717, 1.165) is 12.1 Å². The van der Waals surface area contributed by atoms with Crippen LogP contribution in [0.3, 0.4) is 0 Å². The van der Waals surface area contributed by atoms with Gasteiger partial charge in [0.2, 0.25) is 0 Å². The van der Waals surface area contributed by atoms with Crippen molar-refractivity contribution < 1.29 is 14.6 Å². The smallest absolute Gasteiger partial charge is 0.309 e. The summed E-state index contributed by atoms with van der Waals surface area (Å²) in [7, 11) is 1.80. The van der Waals surface area contributed by atoms with Gasteiger partial charge in [-0.3, -0.25) is 9.48 Å². The third-order valence-corrected chi connectivity index (χ3v) is 2.79. The second-order valence-electron chi connectivity index (χ2n) is 3.76. The molecule has 5 nitrogen and oxygen atoms in total. The molecule has 5 heteroatoms. The molecule has 0 radical (unpaired) electrons. The van der Waals surface area contributed by atoms with Crippen molar-refractivity contribution in [2.45, 2.75) is 18.9 Å². The van der Waals surface area contributed by atoms with Gasteiger partial charge in [0.15, 0.2) is 0 Å². The number of aromatic nitrogens is 2. The first-order valence-corrected chi connectivity index (χ1v) is 5.02. The minimum atomic E-state index is -0.791. The van der Waals surface area contributed by atoms with Crippen LogP contribution in [0.15, 0.2) is 12.3 Å². The normalized spacial score (nSPS) is 26.5. The van der Waals surface area contributed by atoms with Crippen LogP contribution in [0, 0.1) is 5.92 Å². The van der Waals surface area contributed by atoms with Gasteiger partial charge < -0.3 is 9.84 Å². The zero-order valence-corrected chi connectivity index (χ0v) is 8.59. The van der Waals surface area contributed by atoms with Gasteiger partial charge in [-0.05, 0) is 18.9 Å². The van der Waals surface area contributed by atoms with Gasteiger partial charge in [-0.1, -0.05) is 0 Å². The predicted molar refractivity (Wildman–Crippen MR) is 52.3 cm³/mol. The number of nitrogens with zero attached hydrogens (tertiary/aromatic N) is 2. The number of ether oxygens (including phenoxy) is 1. The van der Waals surface area contributed by atoms with E-state index in [-0.39, 0.29) is 6.10 Å². The van der Waals surface area contributed by atoms with E-state index < -0.39 is 11.9 Å². The summed E-state index contributed by atoms with van der Waals surface area (Å²) < 4.78 is 7.21. The van der Waals surface area contributed by atoms with Crippen LogP contribution in [0.4, 0.5) is 0 Å². The summed E-state index contributed by atoms with van der Waals surface area (Å²) in [6, 6.07) is 1.81. The van der Waals surface area contributed by atoms with Crippen molar-refractivity contribution >= 4 is 5.97 Å². The summed E-state index contributed by atoms with van der Waals surface area (Å²) in [5, 5.41) is 13.1. The Labute approximate surface area is 87.7 Å². The van der Waals surface area contributed by atoms with Crippen LogP contribution in [0.2, 0.25) is 0 Å². The van der Waals surface area contributed by atoms with Gasteiger partial charge in [-0.25, -0.2) is 0 Å². The Morgan fingerprint density at radius 2 is 2.53 bits per heavy atom. The highest BCUT2D eigenvalue weighted by atomic mass is 16.5. The number of hydrogen-bond donors (Lipinski definition) is 1. The fourth-order valence-electron chi connectivity index (χ4n) is 1.99. The molecule has 2 rings (SSSR count). The third-order valence-electron chi connectivity index (χ3n) is 2.79. The highest BCUT2D eigenvalue weighted by Crippen LogP contribution is 2.33. The van der Waals surface area contributed by atoms with Crippen molar-refractivity contribution in [2.75, 3.05) is 6.61 Å². The lowest BCUT2D eigenvalue weighted by Crippen LogP contribution is -2.30. The molecule has 0 saturated carbocycles. The van der Waals surface area contributed by atoms with E-state index in [1.54, 1.807) is 17.9 Å². The number of aryl methyl sites for hydroxylation is 1. The van der Waals surface area contributed by atoms with Gasteiger partial charge >= 0.3 is 5.97 Å². The fourth-order valence-corrected chi connectivity index (χ4v) is 1.99. The second kappa shape index (κ2) is 4.02. The van der Waals surface area contributed by atoms with Crippen molar-refractivity contribution in [2.24, 2.45) is 13.0 Å². The van der Waals surface area contributed by atoms with Crippen molar-refractivity contribution in [1.82, 2.24) is 9.78 Å². The number of hydrogen-bond acceptors (Lipinski definition) is 3. The van der Waals surface area contributed by atoms with E-state index in [4.69, 9.17) is 9.84 Å². The summed E-state index contributed by atoms with van der Waals surface area (Å²) >= 11 is 0. The fraction of sp³-hybridized carbons (Fsp3) is 0.600. The molecule has 1 fully saturated rings. The number of carboxylic acid groups (broad SMARTS) is 1. The number of rotatable bonds is 2. The molecule has 1 aromatic heterocycles. The molecule has 82 valence electrons. The van der Waals surface area contributed by atoms with Gasteiger partial charge in [-0.2, -0.15) is 5.10 Å². The topological polar surface area (TPSA) is 64.4 Å². The van der Waals surface area contributed by atoms with Crippen LogP contribution in [0.5, 0.6) is 0 Å². The van der Waals surface area contributed by atoms with Crippen molar-refractivity contribution in [1.29, 1.82) is 0 Å². The minimum absolute atomic E-state index is 0.358. The van der Waals surface area contributed by atoms with E-state index in [1.807, 2.05) is 6.07 Å². The monoisotopic (exact) mass is 210 g/mol. The Hall–Kier alpha value is -1.36. The molecule has 0 unspecified atom stereocenters. The van der Waals surface area contributed by atoms with Crippen LogP contribution in [0.1, 0.15) is 24.6 Å². The standard InChI is InChI=1S/C10H14N2O3/c1-12-8(4-5-11-12)9-7(10(13)14)3-2-6-15-9/h4-5,7,9H,2-3,6H2,1H3,(H,13,14)/t7-,9+/m1/s1. The summed E-state index contributed by atoms with van der Waals surface area (Å²) in [6.45, 7) is 0.625. The van der Waals surface area contributed by atoms with Crippen molar-refractivity contribution in [3.8, 4) is 0 Å². The molecule has 0 spiro atoms. The van der Waals surface area contributed by atoms with Crippen LogP contribution >= 0.6 is 0 Å². The van der Waals surface area contributed by atoms with Crippen LogP contribution in [-0.4, -0.2) is 27.5 Å². The third kappa shape index (κ3) is 1.87. The average molecular weight is 210 g/mol. The molecule has 1 aliphatic rings. The summed E-state index contributed by atoms with van der Waals surface area (Å²) in [5.74, 6) is -1.24. The predicted octanol–water partition coefficient (Wildman–Crippen LogP) is 0.972. The van der Waals surface area contributed by atoms with Crippen LogP contribution in [0.25, 0.3) is 0 Å². The summed E-state index contributed by atoms with van der Waals surface area (Å²) in [5.41, 5.74) is 0.835. The average Bonchev–Trinajstić information content (AvgIpc) is 2.64. The van der Waals surface area contributed by atoms with Gasteiger partial charge in [0.1, 0.15) is 6.10 Å². The molecule has 15 heavy (non-hydrogen) atoms. The number of carboxylic acids is 1. The van der Waals surface area contributed by atoms with Crippen LogP contribution < -0.4 is 0 Å². The Morgan fingerprint density at radius 1 is 1.73 bits per heavy atom. The van der Waals surface area contributed by atoms with Gasteiger partial charge in [-0.15, -0.1) is 0 Å². The van der Waals surface area contributed by atoms with Gasteiger partial charge in [0.25, 0.3) is 0 Å². The first-order chi connectivity index (χ1) is 7.20. The van der Waals surface area contributed by atoms with Gasteiger partial charge in [0.05, 0.1) is 11.6 Å². The molecule has 1 aromatic rings. The first-order valence-electron chi connectivity index (χ1n) is 5.02. The second-order valence-corrected chi connectivity index (χ2v) is 3.76.